The van der Waals surface area contributed by atoms with Crippen molar-refractivity contribution in [2.45, 2.75) is 32.2 Å². The van der Waals surface area contributed by atoms with Crippen molar-refractivity contribution in [1.82, 2.24) is 15.1 Å². The van der Waals surface area contributed by atoms with E-state index in [1.807, 2.05) is 42.5 Å². The number of carbonyl (C=O) groups excluding carboxylic acids is 1. The molecule has 5 heteroatoms. The number of hydrogen-bond donors (Lipinski definition) is 1. The summed E-state index contributed by atoms with van der Waals surface area (Å²) in [4.78, 5) is 14.3. The molecule has 0 aliphatic carbocycles. The quantitative estimate of drug-likeness (QED) is 0.882. The third kappa shape index (κ3) is 2.98. The average molecular weight is 298 g/mol. The molecule has 3 rings (SSSR count). The summed E-state index contributed by atoms with van der Waals surface area (Å²) in [6.07, 6.45) is 6.67. The molecule has 0 bridgehead atoms. The van der Waals surface area contributed by atoms with Gasteiger partial charge >= 0.3 is 6.03 Å². The van der Waals surface area contributed by atoms with Crippen LogP contribution in [0.25, 0.3) is 0 Å². The van der Waals surface area contributed by atoms with Crippen molar-refractivity contribution < 1.29 is 4.79 Å². The highest BCUT2D eigenvalue weighted by Crippen LogP contribution is 2.31. The number of aryl methyl sites for hydroxylation is 2. The predicted molar refractivity (Wildman–Crippen MR) is 87.0 cm³/mol. The van der Waals surface area contributed by atoms with Gasteiger partial charge in [-0.2, -0.15) is 5.10 Å². The number of benzene rings is 1. The molecule has 1 unspecified atom stereocenters. The second-order valence-electron chi connectivity index (χ2n) is 5.91. The van der Waals surface area contributed by atoms with E-state index in [4.69, 9.17) is 0 Å². The number of nitrogens with zero attached hydrogens (tertiary/aromatic N) is 3. The molecule has 2 aromatic rings. The van der Waals surface area contributed by atoms with Crippen LogP contribution in [0, 0.1) is 0 Å². The Kier molecular flexibility index (Phi) is 4.13. The van der Waals surface area contributed by atoms with Crippen LogP contribution in [0.4, 0.5) is 10.5 Å². The van der Waals surface area contributed by atoms with Crippen LogP contribution in [-0.4, -0.2) is 28.4 Å². The van der Waals surface area contributed by atoms with E-state index in [1.54, 1.807) is 4.68 Å². The Morgan fingerprint density at radius 2 is 2.23 bits per heavy atom. The summed E-state index contributed by atoms with van der Waals surface area (Å²) in [7, 11) is 1.91. The summed E-state index contributed by atoms with van der Waals surface area (Å²) in [6.45, 7) is 2.77. The standard InChI is InChI=1S/C17H22N4O/c1-13-10-15-7-3-4-8-16(15)21(13)17(22)18-9-5-6-14-11-19-20(2)12-14/h3-4,7-8,11-13H,5-6,9-10H2,1-2H3,(H,18,22). The van der Waals surface area contributed by atoms with Crippen LogP contribution >= 0.6 is 0 Å². The molecule has 1 aliphatic rings. The third-order valence-corrected chi connectivity index (χ3v) is 4.10. The van der Waals surface area contributed by atoms with Crippen molar-refractivity contribution in [3.05, 3.63) is 47.8 Å². The molecule has 2 heterocycles. The van der Waals surface area contributed by atoms with Crippen molar-refractivity contribution in [2.75, 3.05) is 11.4 Å². The molecule has 22 heavy (non-hydrogen) atoms. The largest absolute Gasteiger partial charge is 0.338 e. The SMILES string of the molecule is CC1Cc2ccccc2N1C(=O)NCCCc1cnn(C)c1. The topological polar surface area (TPSA) is 50.2 Å². The van der Waals surface area contributed by atoms with E-state index in [0.717, 1.165) is 24.9 Å². The summed E-state index contributed by atoms with van der Waals surface area (Å²) in [5.41, 5.74) is 3.50. The zero-order valence-electron chi connectivity index (χ0n) is 13.1. The van der Waals surface area contributed by atoms with Crippen LogP contribution in [0.3, 0.4) is 0 Å². The predicted octanol–water partition coefficient (Wildman–Crippen LogP) is 2.51. The van der Waals surface area contributed by atoms with E-state index in [2.05, 4.69) is 23.4 Å². The maximum absolute atomic E-state index is 12.4. The number of anilines is 1. The smallest absolute Gasteiger partial charge is 0.322 e. The van der Waals surface area contributed by atoms with Gasteiger partial charge in [-0.25, -0.2) is 4.79 Å². The lowest BCUT2D eigenvalue weighted by Crippen LogP contribution is -2.43. The van der Waals surface area contributed by atoms with Gasteiger partial charge in [0.15, 0.2) is 0 Å². The molecule has 0 spiro atoms. The summed E-state index contributed by atoms with van der Waals surface area (Å²) in [5, 5.41) is 7.18. The molecule has 5 nitrogen and oxygen atoms in total. The van der Waals surface area contributed by atoms with E-state index in [9.17, 15) is 4.79 Å². The lowest BCUT2D eigenvalue weighted by Gasteiger charge is -2.23. The van der Waals surface area contributed by atoms with Crippen molar-refractivity contribution in [3.63, 3.8) is 0 Å². The van der Waals surface area contributed by atoms with Gasteiger partial charge < -0.3 is 5.32 Å². The molecule has 1 N–H and O–H groups in total. The Morgan fingerprint density at radius 1 is 1.41 bits per heavy atom. The molecule has 116 valence electrons. The Morgan fingerprint density at radius 3 is 3.00 bits per heavy atom. The molecular weight excluding hydrogens is 276 g/mol. The lowest BCUT2D eigenvalue weighted by atomic mass is 10.1. The minimum absolute atomic E-state index is 0.00337. The fourth-order valence-electron chi connectivity index (χ4n) is 3.05. The van der Waals surface area contributed by atoms with Crippen LogP contribution in [0.2, 0.25) is 0 Å². The van der Waals surface area contributed by atoms with E-state index >= 15 is 0 Å². The average Bonchev–Trinajstić information content (AvgIpc) is 3.05. The molecule has 1 atom stereocenters. The highest BCUT2D eigenvalue weighted by Gasteiger charge is 2.30. The summed E-state index contributed by atoms with van der Waals surface area (Å²) in [6, 6.07) is 8.36. The van der Waals surface area contributed by atoms with Gasteiger partial charge in [0, 0.05) is 31.5 Å². The van der Waals surface area contributed by atoms with E-state index < -0.39 is 0 Å². The number of hydrogen-bond acceptors (Lipinski definition) is 2. The van der Waals surface area contributed by atoms with E-state index in [1.165, 1.54) is 11.1 Å². The zero-order chi connectivity index (χ0) is 15.5. The number of amides is 2. The molecule has 1 aromatic heterocycles. The van der Waals surface area contributed by atoms with Gasteiger partial charge in [-0.3, -0.25) is 9.58 Å². The van der Waals surface area contributed by atoms with E-state index in [0.29, 0.717) is 6.54 Å². The molecule has 2 amide bonds. The summed E-state index contributed by atoms with van der Waals surface area (Å²) < 4.78 is 1.80. The van der Waals surface area contributed by atoms with Crippen molar-refractivity contribution in [1.29, 1.82) is 0 Å². The fraction of sp³-hybridized carbons (Fsp3) is 0.412. The van der Waals surface area contributed by atoms with Crippen LogP contribution in [0.15, 0.2) is 36.7 Å². The highest BCUT2D eigenvalue weighted by atomic mass is 16.2. The first kappa shape index (κ1) is 14.6. The molecule has 1 aliphatic heterocycles. The van der Waals surface area contributed by atoms with Gasteiger partial charge in [-0.1, -0.05) is 18.2 Å². The number of nitrogens with one attached hydrogen (secondary N) is 1. The normalized spacial score (nSPS) is 16.6. The highest BCUT2D eigenvalue weighted by molar-refractivity contribution is 5.94. The monoisotopic (exact) mass is 298 g/mol. The number of carbonyl (C=O) groups is 1. The summed E-state index contributed by atoms with van der Waals surface area (Å²) >= 11 is 0. The fourth-order valence-corrected chi connectivity index (χ4v) is 3.05. The molecule has 1 aromatic carbocycles. The second-order valence-corrected chi connectivity index (χ2v) is 5.91. The maximum Gasteiger partial charge on any atom is 0.322 e. The first-order chi connectivity index (χ1) is 10.6. The van der Waals surface area contributed by atoms with Gasteiger partial charge in [-0.05, 0) is 43.4 Å². The number of fused-ring (bicyclic) bond motifs is 1. The van der Waals surface area contributed by atoms with Gasteiger partial charge in [0.05, 0.1) is 6.20 Å². The number of para-hydroxylation sites is 1. The van der Waals surface area contributed by atoms with E-state index in [-0.39, 0.29) is 12.1 Å². The Labute approximate surface area is 130 Å². The maximum atomic E-state index is 12.4. The Hall–Kier alpha value is -2.30. The summed E-state index contributed by atoms with van der Waals surface area (Å²) in [5.74, 6) is 0. The molecule has 0 saturated heterocycles. The Balaban J connectivity index is 1.52. The second kappa shape index (κ2) is 6.22. The van der Waals surface area contributed by atoms with Crippen LogP contribution in [-0.2, 0) is 19.9 Å². The van der Waals surface area contributed by atoms with Gasteiger partial charge in [0.2, 0.25) is 0 Å². The van der Waals surface area contributed by atoms with Crippen LogP contribution < -0.4 is 10.2 Å². The zero-order valence-corrected chi connectivity index (χ0v) is 13.1. The minimum Gasteiger partial charge on any atom is -0.338 e. The van der Waals surface area contributed by atoms with Crippen LogP contribution in [0.1, 0.15) is 24.5 Å². The van der Waals surface area contributed by atoms with Crippen molar-refractivity contribution in [2.24, 2.45) is 7.05 Å². The molecular formula is C17H22N4O. The van der Waals surface area contributed by atoms with Crippen molar-refractivity contribution >= 4 is 11.7 Å². The van der Waals surface area contributed by atoms with Crippen molar-refractivity contribution in [3.8, 4) is 0 Å². The van der Waals surface area contributed by atoms with Gasteiger partial charge in [-0.15, -0.1) is 0 Å². The lowest BCUT2D eigenvalue weighted by molar-refractivity contribution is 0.245. The number of aromatic nitrogens is 2. The molecule has 0 fully saturated rings. The third-order valence-electron chi connectivity index (χ3n) is 4.10. The van der Waals surface area contributed by atoms with Crippen LogP contribution in [0.5, 0.6) is 0 Å². The molecule has 0 saturated carbocycles. The van der Waals surface area contributed by atoms with Gasteiger partial charge in [0.1, 0.15) is 0 Å². The first-order valence-corrected chi connectivity index (χ1v) is 7.77. The number of urea groups is 1. The Bertz CT molecular complexity index is 664. The molecule has 0 radical (unpaired) electrons. The van der Waals surface area contributed by atoms with Gasteiger partial charge in [0.25, 0.3) is 0 Å². The number of rotatable bonds is 4. The minimum atomic E-state index is 0.00337. The first-order valence-electron chi connectivity index (χ1n) is 7.77.